The molecular formula is C12H11BrN4O3. The van der Waals surface area contributed by atoms with Crippen LogP contribution in [0.25, 0.3) is 0 Å². The van der Waals surface area contributed by atoms with E-state index in [9.17, 15) is 10.1 Å². The molecule has 0 spiro atoms. The van der Waals surface area contributed by atoms with Crippen molar-refractivity contribution in [2.75, 3.05) is 18.2 Å². The van der Waals surface area contributed by atoms with E-state index >= 15 is 0 Å². The number of rotatable bonds is 4. The lowest BCUT2D eigenvalue weighted by Crippen LogP contribution is -2.01. The molecule has 8 heteroatoms. The molecule has 2 rings (SSSR count). The molecule has 0 aliphatic carbocycles. The molecule has 0 radical (unpaired) electrons. The normalized spacial score (nSPS) is 10.1. The minimum absolute atomic E-state index is 0.135. The Morgan fingerprint density at radius 2 is 2.15 bits per heavy atom. The third-order valence-corrected chi connectivity index (χ3v) is 3.18. The third kappa shape index (κ3) is 2.97. The molecule has 1 heterocycles. The van der Waals surface area contributed by atoms with Crippen LogP contribution in [0, 0.1) is 10.1 Å². The van der Waals surface area contributed by atoms with E-state index in [-0.39, 0.29) is 11.5 Å². The second kappa shape index (κ2) is 5.74. The average molecular weight is 339 g/mol. The largest absolute Gasteiger partial charge is 0.495 e. The first-order chi connectivity index (χ1) is 9.51. The Hall–Kier alpha value is -2.35. The van der Waals surface area contributed by atoms with Crippen molar-refractivity contribution < 1.29 is 9.66 Å². The van der Waals surface area contributed by atoms with Crippen molar-refractivity contribution in [2.45, 2.75) is 0 Å². The molecular weight excluding hydrogens is 328 g/mol. The fourth-order valence-electron chi connectivity index (χ4n) is 1.58. The van der Waals surface area contributed by atoms with Crippen molar-refractivity contribution in [1.82, 2.24) is 4.98 Å². The van der Waals surface area contributed by atoms with Crippen LogP contribution in [-0.4, -0.2) is 17.0 Å². The fourth-order valence-corrected chi connectivity index (χ4v) is 1.99. The molecule has 20 heavy (non-hydrogen) atoms. The molecule has 2 aromatic rings. The van der Waals surface area contributed by atoms with Crippen molar-refractivity contribution in [3.63, 3.8) is 0 Å². The first-order valence-electron chi connectivity index (χ1n) is 5.52. The molecule has 1 aromatic heterocycles. The quantitative estimate of drug-likeness (QED) is 0.655. The molecule has 0 aliphatic heterocycles. The maximum atomic E-state index is 10.7. The highest BCUT2D eigenvalue weighted by Crippen LogP contribution is 2.29. The van der Waals surface area contributed by atoms with Crippen molar-refractivity contribution in [3.8, 4) is 5.75 Å². The zero-order valence-electron chi connectivity index (χ0n) is 10.5. The number of methoxy groups -OCH3 is 1. The number of hydrogen-bond acceptors (Lipinski definition) is 6. The summed E-state index contributed by atoms with van der Waals surface area (Å²) in [5.74, 6) is 0.937. The van der Waals surface area contributed by atoms with Gasteiger partial charge in [-0.2, -0.15) is 0 Å². The summed E-state index contributed by atoms with van der Waals surface area (Å²) in [5, 5.41) is 13.7. The Bertz CT molecular complexity index is 663. The van der Waals surface area contributed by atoms with Crippen LogP contribution in [0.5, 0.6) is 5.75 Å². The fraction of sp³-hybridized carbons (Fsp3) is 0.0833. The van der Waals surface area contributed by atoms with Gasteiger partial charge in [0.05, 0.1) is 16.5 Å². The van der Waals surface area contributed by atoms with Crippen LogP contribution in [0.15, 0.2) is 34.8 Å². The Kier molecular flexibility index (Phi) is 4.04. The van der Waals surface area contributed by atoms with E-state index in [1.807, 2.05) is 12.1 Å². The Morgan fingerprint density at radius 1 is 1.40 bits per heavy atom. The summed E-state index contributed by atoms with van der Waals surface area (Å²) in [6.07, 6.45) is 0. The van der Waals surface area contributed by atoms with Crippen LogP contribution >= 0.6 is 15.9 Å². The molecule has 1 aromatic carbocycles. The van der Waals surface area contributed by atoms with E-state index in [0.717, 1.165) is 10.2 Å². The van der Waals surface area contributed by atoms with Crippen molar-refractivity contribution >= 4 is 38.9 Å². The van der Waals surface area contributed by atoms with Crippen LogP contribution in [0.3, 0.4) is 0 Å². The molecule has 0 unspecified atom stereocenters. The van der Waals surface area contributed by atoms with Gasteiger partial charge in [0.15, 0.2) is 0 Å². The van der Waals surface area contributed by atoms with Gasteiger partial charge in [0.2, 0.25) is 5.82 Å². The number of aromatic nitrogens is 1. The van der Waals surface area contributed by atoms with Gasteiger partial charge in [-0.05, 0) is 34.1 Å². The number of pyridine rings is 1. The summed E-state index contributed by atoms with van der Waals surface area (Å²) in [5.41, 5.74) is 6.04. The molecule has 0 atom stereocenters. The smallest absolute Gasteiger partial charge is 0.311 e. The lowest BCUT2D eigenvalue weighted by Gasteiger charge is -2.09. The number of nitro groups is 1. The van der Waals surface area contributed by atoms with E-state index in [1.165, 1.54) is 12.1 Å². The lowest BCUT2D eigenvalue weighted by molar-refractivity contribution is -0.384. The molecule has 0 aliphatic rings. The first kappa shape index (κ1) is 14.1. The first-order valence-corrected chi connectivity index (χ1v) is 6.32. The van der Waals surface area contributed by atoms with Crippen molar-refractivity contribution in [3.05, 3.63) is 44.9 Å². The minimum atomic E-state index is -0.575. The SMILES string of the molecule is COc1cc(Nc2ccc([N+](=O)[O-])c(N)n2)ccc1Br. The zero-order valence-corrected chi connectivity index (χ0v) is 12.0. The number of nitrogen functional groups attached to an aromatic ring is 1. The number of hydrogen-bond donors (Lipinski definition) is 2. The van der Waals surface area contributed by atoms with Crippen molar-refractivity contribution in [1.29, 1.82) is 0 Å². The summed E-state index contributed by atoms with van der Waals surface area (Å²) in [7, 11) is 1.56. The molecule has 0 saturated heterocycles. The highest BCUT2D eigenvalue weighted by molar-refractivity contribution is 9.10. The van der Waals surface area contributed by atoms with Crippen molar-refractivity contribution in [2.24, 2.45) is 0 Å². The van der Waals surface area contributed by atoms with Crippen LogP contribution in [-0.2, 0) is 0 Å². The number of halogens is 1. The van der Waals surface area contributed by atoms with Gasteiger partial charge >= 0.3 is 5.69 Å². The number of nitrogens with one attached hydrogen (secondary N) is 1. The maximum absolute atomic E-state index is 10.7. The molecule has 3 N–H and O–H groups in total. The van der Waals surface area contributed by atoms with E-state index < -0.39 is 4.92 Å². The predicted molar refractivity (Wildman–Crippen MR) is 79.3 cm³/mol. The summed E-state index contributed by atoms with van der Waals surface area (Å²) in [4.78, 5) is 14.0. The van der Waals surface area contributed by atoms with Gasteiger partial charge in [-0.15, -0.1) is 0 Å². The molecule has 7 nitrogen and oxygen atoms in total. The van der Waals surface area contributed by atoms with Gasteiger partial charge in [-0.1, -0.05) is 0 Å². The van der Waals surface area contributed by atoms with Crippen LogP contribution < -0.4 is 15.8 Å². The number of nitrogens with two attached hydrogens (primary N) is 1. The van der Waals surface area contributed by atoms with Crippen LogP contribution in [0.1, 0.15) is 0 Å². The molecule has 104 valence electrons. The molecule has 0 fully saturated rings. The molecule has 0 saturated carbocycles. The maximum Gasteiger partial charge on any atom is 0.311 e. The van der Waals surface area contributed by atoms with E-state index in [4.69, 9.17) is 10.5 Å². The monoisotopic (exact) mass is 338 g/mol. The second-order valence-electron chi connectivity index (χ2n) is 3.83. The Balaban J connectivity index is 2.26. The zero-order chi connectivity index (χ0) is 14.7. The Labute approximate surface area is 123 Å². The van der Waals surface area contributed by atoms with Gasteiger partial charge in [0, 0.05) is 17.8 Å². The second-order valence-corrected chi connectivity index (χ2v) is 4.69. The van der Waals surface area contributed by atoms with E-state index in [1.54, 1.807) is 13.2 Å². The highest BCUT2D eigenvalue weighted by atomic mass is 79.9. The summed E-state index contributed by atoms with van der Waals surface area (Å²) in [6, 6.07) is 8.19. The van der Waals surface area contributed by atoms with Gasteiger partial charge < -0.3 is 15.8 Å². The van der Waals surface area contributed by atoms with Gasteiger partial charge in [-0.25, -0.2) is 4.98 Å². The standard InChI is InChI=1S/C12H11BrN4O3/c1-20-10-6-7(2-3-8(10)13)15-11-5-4-9(17(18)19)12(14)16-11/h2-6H,1H3,(H3,14,15,16). The highest BCUT2D eigenvalue weighted by Gasteiger charge is 2.13. The van der Waals surface area contributed by atoms with Crippen LogP contribution in [0.2, 0.25) is 0 Å². The summed E-state index contributed by atoms with van der Waals surface area (Å²) >= 11 is 3.35. The number of anilines is 3. The summed E-state index contributed by atoms with van der Waals surface area (Å²) < 4.78 is 6.00. The van der Waals surface area contributed by atoms with Gasteiger partial charge in [-0.3, -0.25) is 10.1 Å². The Morgan fingerprint density at radius 3 is 2.75 bits per heavy atom. The number of nitrogens with zero attached hydrogens (tertiary/aromatic N) is 2. The number of ether oxygens (including phenoxy) is 1. The molecule has 0 bridgehead atoms. The van der Waals surface area contributed by atoms with Gasteiger partial charge in [0.25, 0.3) is 0 Å². The summed E-state index contributed by atoms with van der Waals surface area (Å²) in [6.45, 7) is 0. The van der Waals surface area contributed by atoms with Gasteiger partial charge in [0.1, 0.15) is 11.6 Å². The predicted octanol–water partition coefficient (Wildman–Crippen LogP) is 3.09. The van der Waals surface area contributed by atoms with E-state index in [0.29, 0.717) is 11.6 Å². The topological polar surface area (TPSA) is 103 Å². The minimum Gasteiger partial charge on any atom is -0.495 e. The van der Waals surface area contributed by atoms with E-state index in [2.05, 4.69) is 26.2 Å². The average Bonchev–Trinajstić information content (AvgIpc) is 2.40. The third-order valence-electron chi connectivity index (χ3n) is 2.52. The van der Waals surface area contributed by atoms with Crippen LogP contribution in [0.4, 0.5) is 23.0 Å². The lowest BCUT2D eigenvalue weighted by atomic mass is 10.3. The molecule has 0 amide bonds. The number of benzene rings is 1.